The summed E-state index contributed by atoms with van der Waals surface area (Å²) >= 11 is 0. The highest BCUT2D eigenvalue weighted by molar-refractivity contribution is 6.54. The average Bonchev–Trinajstić information content (AvgIpc) is 2.62. The molecule has 0 heterocycles. The van der Waals surface area contributed by atoms with Crippen molar-refractivity contribution >= 4 is 23.0 Å². The van der Waals surface area contributed by atoms with Gasteiger partial charge in [-0.25, -0.2) is 0 Å². The number of nitrogens with one attached hydrogen (secondary N) is 1. The molecule has 0 aromatic heterocycles. The van der Waals surface area contributed by atoms with E-state index in [-0.39, 0.29) is 17.3 Å². The highest BCUT2D eigenvalue weighted by Crippen LogP contribution is 2.31. The minimum Gasteiger partial charge on any atom is -0.372 e. The van der Waals surface area contributed by atoms with E-state index in [1.807, 2.05) is 24.3 Å². The molecule has 1 atom stereocenters. The van der Waals surface area contributed by atoms with Crippen molar-refractivity contribution in [3.63, 3.8) is 0 Å². The SMILES string of the molecule is CCN(CC)c1ccc(C2C(=N)C(=O)c3ccccc3C2=O)cc1. The van der Waals surface area contributed by atoms with Crippen LogP contribution in [0.5, 0.6) is 0 Å². The summed E-state index contributed by atoms with van der Waals surface area (Å²) in [5, 5.41) is 8.18. The molecule has 3 rings (SSSR count). The molecular formula is C20H20N2O2. The van der Waals surface area contributed by atoms with Gasteiger partial charge in [0.05, 0.1) is 11.6 Å². The van der Waals surface area contributed by atoms with Crippen LogP contribution in [-0.4, -0.2) is 30.4 Å². The van der Waals surface area contributed by atoms with E-state index in [0.29, 0.717) is 16.7 Å². The average molecular weight is 320 g/mol. The first kappa shape index (κ1) is 16.1. The van der Waals surface area contributed by atoms with E-state index in [2.05, 4.69) is 18.7 Å². The molecule has 122 valence electrons. The standard InChI is InChI=1S/C20H20N2O2/c1-3-22(4-2)14-11-9-13(10-12-14)17-18(21)20(24)16-8-6-5-7-15(16)19(17)23/h5-12,17,21H,3-4H2,1-2H3. The van der Waals surface area contributed by atoms with Crippen LogP contribution in [0.25, 0.3) is 0 Å². The van der Waals surface area contributed by atoms with Gasteiger partial charge in [-0.15, -0.1) is 0 Å². The second-order valence-electron chi connectivity index (χ2n) is 5.85. The Bertz CT molecular complexity index is 805. The molecular weight excluding hydrogens is 300 g/mol. The van der Waals surface area contributed by atoms with E-state index < -0.39 is 5.92 Å². The lowest BCUT2D eigenvalue weighted by atomic mass is 9.77. The minimum absolute atomic E-state index is 0.144. The molecule has 1 aliphatic carbocycles. The minimum atomic E-state index is -0.807. The first-order valence-corrected chi connectivity index (χ1v) is 8.19. The van der Waals surface area contributed by atoms with Crippen molar-refractivity contribution < 1.29 is 9.59 Å². The van der Waals surface area contributed by atoms with Gasteiger partial charge in [0.15, 0.2) is 5.78 Å². The largest absolute Gasteiger partial charge is 0.372 e. The van der Waals surface area contributed by atoms with Gasteiger partial charge in [-0.3, -0.25) is 9.59 Å². The number of carbonyl (C=O) groups excluding carboxylic acids is 2. The summed E-state index contributed by atoms with van der Waals surface area (Å²) in [4.78, 5) is 27.4. The number of benzene rings is 2. The van der Waals surface area contributed by atoms with Crippen molar-refractivity contribution in [3.05, 3.63) is 65.2 Å². The van der Waals surface area contributed by atoms with E-state index in [4.69, 9.17) is 5.41 Å². The van der Waals surface area contributed by atoms with Gasteiger partial charge in [0.2, 0.25) is 5.78 Å². The Hall–Kier alpha value is -2.75. The van der Waals surface area contributed by atoms with Crippen LogP contribution in [0.4, 0.5) is 5.69 Å². The van der Waals surface area contributed by atoms with Crippen molar-refractivity contribution in [2.24, 2.45) is 0 Å². The lowest BCUT2D eigenvalue weighted by Gasteiger charge is -2.25. The molecule has 0 bridgehead atoms. The molecule has 1 N–H and O–H groups in total. The van der Waals surface area contributed by atoms with E-state index in [9.17, 15) is 9.59 Å². The van der Waals surface area contributed by atoms with E-state index in [1.165, 1.54) is 0 Å². The van der Waals surface area contributed by atoms with Crippen molar-refractivity contribution in [2.45, 2.75) is 19.8 Å². The molecule has 0 aliphatic heterocycles. The van der Waals surface area contributed by atoms with Crippen molar-refractivity contribution in [2.75, 3.05) is 18.0 Å². The summed E-state index contributed by atoms with van der Waals surface area (Å²) in [6.07, 6.45) is 0. The molecule has 0 radical (unpaired) electrons. The zero-order valence-electron chi connectivity index (χ0n) is 13.9. The predicted molar refractivity (Wildman–Crippen MR) is 95.6 cm³/mol. The van der Waals surface area contributed by atoms with Crippen molar-refractivity contribution in [1.82, 2.24) is 0 Å². The van der Waals surface area contributed by atoms with Gasteiger partial charge in [0.25, 0.3) is 0 Å². The Morgan fingerprint density at radius 2 is 1.50 bits per heavy atom. The van der Waals surface area contributed by atoms with Gasteiger partial charge >= 0.3 is 0 Å². The molecule has 0 saturated carbocycles. The van der Waals surface area contributed by atoms with Crippen LogP contribution in [0.1, 0.15) is 46.0 Å². The second kappa shape index (κ2) is 6.40. The molecule has 0 amide bonds. The number of Topliss-reactive ketones (excluding diaryl/α,β-unsaturated/α-hetero) is 2. The molecule has 1 unspecified atom stereocenters. The van der Waals surface area contributed by atoms with E-state index >= 15 is 0 Å². The summed E-state index contributed by atoms with van der Waals surface area (Å²) in [7, 11) is 0. The first-order chi connectivity index (χ1) is 11.6. The van der Waals surface area contributed by atoms with Crippen LogP contribution in [-0.2, 0) is 0 Å². The number of rotatable bonds is 4. The van der Waals surface area contributed by atoms with E-state index in [0.717, 1.165) is 18.8 Å². The fourth-order valence-corrected chi connectivity index (χ4v) is 3.24. The third-order valence-corrected chi connectivity index (χ3v) is 4.59. The summed E-state index contributed by atoms with van der Waals surface area (Å²) in [6.45, 7) is 5.99. The van der Waals surface area contributed by atoms with Crippen LogP contribution in [0, 0.1) is 5.41 Å². The zero-order valence-corrected chi connectivity index (χ0v) is 13.9. The number of nitrogens with zero attached hydrogens (tertiary/aromatic N) is 1. The van der Waals surface area contributed by atoms with Gasteiger partial charge < -0.3 is 10.3 Å². The van der Waals surface area contributed by atoms with Crippen LogP contribution in [0.15, 0.2) is 48.5 Å². The van der Waals surface area contributed by atoms with Crippen LogP contribution >= 0.6 is 0 Å². The van der Waals surface area contributed by atoms with Crippen LogP contribution < -0.4 is 4.90 Å². The van der Waals surface area contributed by atoms with Crippen LogP contribution in [0.2, 0.25) is 0 Å². The number of fused-ring (bicyclic) bond motifs is 1. The van der Waals surface area contributed by atoms with Crippen molar-refractivity contribution in [1.29, 1.82) is 5.41 Å². The molecule has 24 heavy (non-hydrogen) atoms. The Balaban J connectivity index is 1.99. The lowest BCUT2D eigenvalue weighted by Crippen LogP contribution is -2.34. The maximum absolute atomic E-state index is 12.8. The highest BCUT2D eigenvalue weighted by atomic mass is 16.1. The summed E-state index contributed by atoms with van der Waals surface area (Å²) in [5.41, 5.74) is 2.38. The quantitative estimate of drug-likeness (QED) is 0.934. The zero-order chi connectivity index (χ0) is 17.3. The fourth-order valence-electron chi connectivity index (χ4n) is 3.24. The lowest BCUT2D eigenvalue weighted by molar-refractivity contribution is 0.0947. The van der Waals surface area contributed by atoms with E-state index in [1.54, 1.807) is 24.3 Å². The maximum atomic E-state index is 12.8. The highest BCUT2D eigenvalue weighted by Gasteiger charge is 2.38. The van der Waals surface area contributed by atoms with Crippen molar-refractivity contribution in [3.8, 4) is 0 Å². The second-order valence-corrected chi connectivity index (χ2v) is 5.85. The Morgan fingerprint density at radius 1 is 0.917 bits per heavy atom. The topological polar surface area (TPSA) is 61.2 Å². The number of hydrogen-bond donors (Lipinski definition) is 1. The molecule has 2 aromatic rings. The molecule has 0 spiro atoms. The third kappa shape index (κ3) is 2.54. The summed E-state index contributed by atoms with van der Waals surface area (Å²) in [5.74, 6) is -1.34. The molecule has 2 aromatic carbocycles. The van der Waals surface area contributed by atoms with Gasteiger partial charge in [0, 0.05) is 29.9 Å². The van der Waals surface area contributed by atoms with Crippen LogP contribution in [0.3, 0.4) is 0 Å². The fraction of sp³-hybridized carbons (Fsp3) is 0.250. The van der Waals surface area contributed by atoms with Gasteiger partial charge in [-0.05, 0) is 31.5 Å². The molecule has 4 nitrogen and oxygen atoms in total. The summed E-state index contributed by atoms with van der Waals surface area (Å²) < 4.78 is 0. The Labute approximate surface area is 141 Å². The molecule has 0 saturated heterocycles. The van der Waals surface area contributed by atoms with Gasteiger partial charge in [0.1, 0.15) is 0 Å². The smallest absolute Gasteiger partial charge is 0.208 e. The predicted octanol–water partition coefficient (Wildman–Crippen LogP) is 3.72. The maximum Gasteiger partial charge on any atom is 0.208 e. The molecule has 4 heteroatoms. The molecule has 0 fully saturated rings. The van der Waals surface area contributed by atoms with Gasteiger partial charge in [-0.1, -0.05) is 36.4 Å². The Kier molecular flexibility index (Phi) is 4.30. The normalized spacial score (nSPS) is 16.9. The number of anilines is 1. The first-order valence-electron chi connectivity index (χ1n) is 8.19. The monoisotopic (exact) mass is 320 g/mol. The Morgan fingerprint density at radius 3 is 2.08 bits per heavy atom. The molecule has 1 aliphatic rings. The third-order valence-electron chi connectivity index (χ3n) is 4.59. The number of ketones is 2. The number of carbonyl (C=O) groups is 2. The summed E-state index contributed by atoms with van der Waals surface area (Å²) in [6, 6.07) is 14.4. The van der Waals surface area contributed by atoms with Gasteiger partial charge in [-0.2, -0.15) is 0 Å². The number of hydrogen-bond acceptors (Lipinski definition) is 4.